The first-order chi connectivity index (χ1) is 21.5. The SMILES string of the molecule is O=C(/C=C/c1ccncc1)NNC(=O)C1C(c2ccncc2)C(C(=O)NNC(=O)/C=C/c2ccncc2)C1c1ccncc1. The number of hydrogen-bond donors (Lipinski definition) is 4. The molecule has 0 spiro atoms. The summed E-state index contributed by atoms with van der Waals surface area (Å²) >= 11 is 0. The minimum atomic E-state index is -0.748. The zero-order chi connectivity index (χ0) is 30.7. The van der Waals surface area contributed by atoms with Gasteiger partial charge in [-0.2, -0.15) is 0 Å². The third kappa shape index (κ3) is 7.23. The molecule has 0 aliphatic heterocycles. The zero-order valence-corrected chi connectivity index (χ0v) is 23.3. The van der Waals surface area contributed by atoms with Gasteiger partial charge in [0.1, 0.15) is 0 Å². The Hall–Kier alpha value is -6.04. The first-order valence-electron chi connectivity index (χ1n) is 13.7. The van der Waals surface area contributed by atoms with Crippen molar-refractivity contribution in [2.45, 2.75) is 11.8 Å². The normalized spacial score (nSPS) is 19.1. The molecule has 1 fully saturated rings. The molecule has 44 heavy (non-hydrogen) atoms. The highest BCUT2D eigenvalue weighted by atomic mass is 16.2. The van der Waals surface area contributed by atoms with Gasteiger partial charge in [-0.1, -0.05) is 0 Å². The minimum absolute atomic E-state index is 0.479. The highest BCUT2D eigenvalue weighted by molar-refractivity contribution is 5.96. The fourth-order valence-electron chi connectivity index (χ4n) is 5.19. The summed E-state index contributed by atoms with van der Waals surface area (Å²) in [5.41, 5.74) is 12.8. The van der Waals surface area contributed by atoms with E-state index in [1.54, 1.807) is 110 Å². The van der Waals surface area contributed by atoms with E-state index in [2.05, 4.69) is 41.6 Å². The fourth-order valence-corrected chi connectivity index (χ4v) is 5.19. The van der Waals surface area contributed by atoms with Crippen LogP contribution >= 0.6 is 0 Å². The Morgan fingerprint density at radius 3 is 1.14 bits per heavy atom. The molecule has 4 aromatic rings. The average Bonchev–Trinajstić information content (AvgIpc) is 3.06. The topological polar surface area (TPSA) is 168 Å². The molecule has 1 saturated carbocycles. The average molecular weight is 589 g/mol. The van der Waals surface area contributed by atoms with Crippen LogP contribution in [0, 0.1) is 11.8 Å². The maximum atomic E-state index is 13.6. The first kappa shape index (κ1) is 29.5. The standard InChI is InChI=1S/C32H28N8O4/c41-25(3-1-21-5-13-33-14-6-21)37-39-31(43)29-27(23-9-17-35-18-10-23)30(28(29)24-11-19-36-20-12-24)32(44)40-38-26(42)4-2-22-7-15-34-16-8-22/h1-20,27-30H,(H,37,41)(H,38,42)(H,39,43)(H,40,44)/b3-1+,4-2+. The summed E-state index contributed by atoms with van der Waals surface area (Å²) in [6.45, 7) is 0. The van der Waals surface area contributed by atoms with Crippen LogP contribution in [0.15, 0.2) is 110 Å². The van der Waals surface area contributed by atoms with Crippen molar-refractivity contribution in [2.75, 3.05) is 0 Å². The number of pyridine rings is 4. The summed E-state index contributed by atoms with van der Waals surface area (Å²) in [5.74, 6) is -4.71. The van der Waals surface area contributed by atoms with Gasteiger partial charge in [-0.05, 0) is 82.9 Å². The van der Waals surface area contributed by atoms with Crippen molar-refractivity contribution in [2.24, 2.45) is 11.8 Å². The molecule has 5 rings (SSSR count). The molecule has 4 amide bonds. The predicted octanol–water partition coefficient (Wildman–Crippen LogP) is 2.10. The number of hydrogen-bond acceptors (Lipinski definition) is 8. The Morgan fingerprint density at radius 1 is 0.477 bits per heavy atom. The van der Waals surface area contributed by atoms with Gasteiger partial charge in [-0.15, -0.1) is 0 Å². The van der Waals surface area contributed by atoms with Crippen molar-refractivity contribution in [3.05, 3.63) is 133 Å². The van der Waals surface area contributed by atoms with E-state index in [1.807, 2.05) is 0 Å². The molecule has 1 aliphatic carbocycles. The number of nitrogens with one attached hydrogen (secondary N) is 4. The van der Waals surface area contributed by atoms with E-state index in [1.165, 1.54) is 12.2 Å². The number of carbonyl (C=O) groups is 4. The highest BCUT2D eigenvalue weighted by Crippen LogP contribution is 2.57. The van der Waals surface area contributed by atoms with Crippen molar-refractivity contribution in [1.82, 2.24) is 41.6 Å². The van der Waals surface area contributed by atoms with Gasteiger partial charge in [0.25, 0.3) is 11.8 Å². The summed E-state index contributed by atoms with van der Waals surface area (Å²) in [6, 6.07) is 13.9. The number of nitrogens with zero attached hydrogens (tertiary/aromatic N) is 4. The van der Waals surface area contributed by atoms with Crippen LogP contribution in [0.4, 0.5) is 0 Å². The molecule has 4 N–H and O–H groups in total. The second-order valence-electron chi connectivity index (χ2n) is 9.85. The molecule has 12 nitrogen and oxygen atoms in total. The molecule has 0 bridgehead atoms. The van der Waals surface area contributed by atoms with Crippen LogP contribution in [0.1, 0.15) is 34.1 Å². The summed E-state index contributed by atoms with van der Waals surface area (Å²) in [5, 5.41) is 0. The number of carbonyl (C=O) groups excluding carboxylic acids is 4. The Morgan fingerprint density at radius 2 is 0.795 bits per heavy atom. The second-order valence-corrected chi connectivity index (χ2v) is 9.85. The van der Waals surface area contributed by atoms with Crippen LogP contribution in [0.2, 0.25) is 0 Å². The lowest BCUT2D eigenvalue weighted by molar-refractivity contribution is -0.144. The number of rotatable bonds is 8. The number of amides is 4. The van der Waals surface area contributed by atoms with Crippen molar-refractivity contribution in [1.29, 1.82) is 0 Å². The van der Waals surface area contributed by atoms with E-state index in [9.17, 15) is 19.2 Å². The third-order valence-electron chi connectivity index (χ3n) is 7.22. The molecule has 0 atom stereocenters. The Balaban J connectivity index is 1.33. The smallest absolute Gasteiger partial charge is 0.262 e. The molecule has 0 radical (unpaired) electrons. The maximum Gasteiger partial charge on any atom is 0.262 e. The number of hydrazine groups is 2. The van der Waals surface area contributed by atoms with Crippen LogP contribution in [0.3, 0.4) is 0 Å². The van der Waals surface area contributed by atoms with Crippen molar-refractivity contribution >= 4 is 35.8 Å². The summed E-state index contributed by atoms with van der Waals surface area (Å²) in [6.07, 6.45) is 18.5. The van der Waals surface area contributed by atoms with Crippen LogP contribution in [0.25, 0.3) is 12.2 Å². The lowest BCUT2D eigenvalue weighted by Gasteiger charge is -2.50. The molecule has 1 aliphatic rings. The van der Waals surface area contributed by atoms with Gasteiger partial charge in [-0.3, -0.25) is 60.8 Å². The fraction of sp³-hybridized carbons (Fsp3) is 0.125. The van der Waals surface area contributed by atoms with Gasteiger partial charge >= 0.3 is 0 Å². The van der Waals surface area contributed by atoms with Crippen molar-refractivity contribution in [3.8, 4) is 0 Å². The van der Waals surface area contributed by atoms with E-state index in [4.69, 9.17) is 0 Å². The molecule has 0 saturated heterocycles. The lowest BCUT2D eigenvalue weighted by Crippen LogP contribution is -2.59. The molecule has 220 valence electrons. The van der Waals surface area contributed by atoms with Gasteiger partial charge in [0.2, 0.25) is 11.8 Å². The quantitative estimate of drug-likeness (QED) is 0.179. The van der Waals surface area contributed by atoms with Crippen LogP contribution in [-0.2, 0) is 19.2 Å². The zero-order valence-electron chi connectivity index (χ0n) is 23.3. The molecule has 0 unspecified atom stereocenters. The van der Waals surface area contributed by atoms with Gasteiger partial charge in [0, 0.05) is 73.6 Å². The summed E-state index contributed by atoms with van der Waals surface area (Å²) < 4.78 is 0. The summed E-state index contributed by atoms with van der Waals surface area (Å²) in [7, 11) is 0. The molecule has 4 aromatic heterocycles. The van der Waals surface area contributed by atoms with Gasteiger partial charge in [0.15, 0.2) is 0 Å². The monoisotopic (exact) mass is 588 g/mol. The highest BCUT2D eigenvalue weighted by Gasteiger charge is 2.58. The molecule has 4 heterocycles. The number of aromatic nitrogens is 4. The third-order valence-corrected chi connectivity index (χ3v) is 7.22. The second kappa shape index (κ2) is 14.2. The van der Waals surface area contributed by atoms with E-state index in [0.29, 0.717) is 11.1 Å². The largest absolute Gasteiger partial charge is 0.273 e. The Bertz CT molecular complexity index is 1520. The van der Waals surface area contributed by atoms with Crippen LogP contribution in [-0.4, -0.2) is 43.6 Å². The molecule has 0 aromatic carbocycles. The van der Waals surface area contributed by atoms with Gasteiger partial charge in [0.05, 0.1) is 11.8 Å². The van der Waals surface area contributed by atoms with E-state index in [-0.39, 0.29) is 0 Å². The minimum Gasteiger partial charge on any atom is -0.273 e. The van der Waals surface area contributed by atoms with Crippen LogP contribution < -0.4 is 21.7 Å². The van der Waals surface area contributed by atoms with Gasteiger partial charge in [-0.25, -0.2) is 0 Å². The maximum absolute atomic E-state index is 13.6. The Kier molecular flexibility index (Phi) is 9.52. The molecular weight excluding hydrogens is 560 g/mol. The molecule has 12 heteroatoms. The first-order valence-corrected chi connectivity index (χ1v) is 13.7. The summed E-state index contributed by atoms with van der Waals surface area (Å²) in [4.78, 5) is 68.2. The van der Waals surface area contributed by atoms with E-state index < -0.39 is 47.3 Å². The Labute approximate surface area is 252 Å². The van der Waals surface area contributed by atoms with E-state index in [0.717, 1.165) is 11.1 Å². The lowest BCUT2D eigenvalue weighted by atomic mass is 9.52. The van der Waals surface area contributed by atoms with E-state index >= 15 is 0 Å². The van der Waals surface area contributed by atoms with Crippen molar-refractivity contribution in [3.63, 3.8) is 0 Å². The predicted molar refractivity (Wildman–Crippen MR) is 160 cm³/mol. The van der Waals surface area contributed by atoms with Crippen molar-refractivity contribution < 1.29 is 19.2 Å². The molecular formula is C32H28N8O4. The van der Waals surface area contributed by atoms with Crippen LogP contribution in [0.5, 0.6) is 0 Å². The van der Waals surface area contributed by atoms with Gasteiger partial charge < -0.3 is 0 Å².